The summed E-state index contributed by atoms with van der Waals surface area (Å²) in [5, 5.41) is 6.11. The Kier molecular flexibility index (Phi) is 5.86. The summed E-state index contributed by atoms with van der Waals surface area (Å²) in [5.41, 5.74) is 1.69. The fourth-order valence-electron chi connectivity index (χ4n) is 4.12. The predicted octanol–water partition coefficient (Wildman–Crippen LogP) is 6.39. The molecule has 0 saturated carbocycles. The third-order valence-corrected chi connectivity index (χ3v) is 6.31. The normalized spacial score (nSPS) is 11.5. The molecule has 186 valence electrons. The molecule has 0 radical (unpaired) electrons. The van der Waals surface area contributed by atoms with Gasteiger partial charge in [0.1, 0.15) is 17.1 Å². The van der Waals surface area contributed by atoms with E-state index >= 15 is 0 Å². The Morgan fingerprint density at radius 2 is 1.79 bits per heavy atom. The van der Waals surface area contributed by atoms with Gasteiger partial charge in [-0.15, -0.1) is 0 Å². The monoisotopic (exact) mass is 523 g/mol. The van der Waals surface area contributed by atoms with Crippen molar-refractivity contribution in [1.29, 1.82) is 0 Å². The van der Waals surface area contributed by atoms with Crippen molar-refractivity contribution in [3.8, 4) is 22.9 Å². The minimum absolute atomic E-state index is 0.252. The summed E-state index contributed by atoms with van der Waals surface area (Å²) in [6.45, 7) is 0. The van der Waals surface area contributed by atoms with E-state index in [1.807, 2.05) is 36.4 Å². The SMILES string of the molecule is COC(=O)c1ccc(Cl)c(-c2ccc(C=Nn3c(-c4cc5ccccc5o4)nc4ccccc4c3=O)o2)c1. The van der Waals surface area contributed by atoms with Crippen LogP contribution in [-0.2, 0) is 4.74 Å². The lowest BCUT2D eigenvalue weighted by Crippen LogP contribution is -2.20. The van der Waals surface area contributed by atoms with Gasteiger partial charge in [0.2, 0.25) is 5.82 Å². The fourth-order valence-corrected chi connectivity index (χ4v) is 4.33. The average molecular weight is 524 g/mol. The summed E-state index contributed by atoms with van der Waals surface area (Å²) in [4.78, 5) is 30.1. The maximum Gasteiger partial charge on any atom is 0.337 e. The minimum Gasteiger partial charge on any atom is -0.465 e. The van der Waals surface area contributed by atoms with E-state index in [1.54, 1.807) is 48.5 Å². The summed E-state index contributed by atoms with van der Waals surface area (Å²) in [6.07, 6.45) is 1.41. The fraction of sp³-hybridized carbons (Fsp3) is 0.0345. The van der Waals surface area contributed by atoms with E-state index < -0.39 is 5.97 Å². The van der Waals surface area contributed by atoms with E-state index in [-0.39, 0.29) is 11.4 Å². The lowest BCUT2D eigenvalue weighted by molar-refractivity contribution is 0.0601. The number of aromatic nitrogens is 2. The van der Waals surface area contributed by atoms with Crippen LogP contribution in [0.5, 0.6) is 0 Å². The first-order valence-electron chi connectivity index (χ1n) is 11.5. The van der Waals surface area contributed by atoms with Crippen molar-refractivity contribution >= 4 is 45.7 Å². The third-order valence-electron chi connectivity index (χ3n) is 5.98. The number of nitrogens with zero attached hydrogens (tertiary/aromatic N) is 3. The van der Waals surface area contributed by atoms with Gasteiger partial charge in [0.25, 0.3) is 5.56 Å². The van der Waals surface area contributed by atoms with E-state index in [4.69, 9.17) is 25.2 Å². The van der Waals surface area contributed by atoms with E-state index in [2.05, 4.69) is 10.1 Å². The van der Waals surface area contributed by atoms with Gasteiger partial charge in [0.15, 0.2) is 5.76 Å². The van der Waals surface area contributed by atoms with Crippen molar-refractivity contribution in [2.75, 3.05) is 7.11 Å². The number of halogens is 1. The van der Waals surface area contributed by atoms with Gasteiger partial charge < -0.3 is 13.6 Å². The highest BCUT2D eigenvalue weighted by Crippen LogP contribution is 2.31. The Morgan fingerprint density at radius 3 is 2.63 bits per heavy atom. The lowest BCUT2D eigenvalue weighted by atomic mass is 10.1. The molecule has 0 bridgehead atoms. The average Bonchev–Trinajstić information content (AvgIpc) is 3.59. The van der Waals surface area contributed by atoms with E-state index in [1.165, 1.54) is 18.0 Å². The van der Waals surface area contributed by atoms with Gasteiger partial charge in [-0.05, 0) is 54.6 Å². The van der Waals surface area contributed by atoms with Gasteiger partial charge in [0, 0.05) is 10.9 Å². The number of furan rings is 2. The van der Waals surface area contributed by atoms with Crippen LogP contribution in [0.25, 0.3) is 44.8 Å². The largest absolute Gasteiger partial charge is 0.465 e. The summed E-state index contributed by atoms with van der Waals surface area (Å²) >= 11 is 6.35. The number of carbonyl (C=O) groups is 1. The smallest absolute Gasteiger partial charge is 0.337 e. The zero-order chi connectivity index (χ0) is 26.2. The van der Waals surface area contributed by atoms with E-state index in [0.29, 0.717) is 49.9 Å². The van der Waals surface area contributed by atoms with Crippen LogP contribution in [0.15, 0.2) is 104 Å². The van der Waals surface area contributed by atoms with Crippen LogP contribution < -0.4 is 5.56 Å². The number of hydrogen-bond donors (Lipinski definition) is 0. The molecule has 0 saturated heterocycles. The van der Waals surface area contributed by atoms with Crippen molar-refractivity contribution in [2.45, 2.75) is 0 Å². The van der Waals surface area contributed by atoms with Crippen molar-refractivity contribution in [1.82, 2.24) is 9.66 Å². The van der Waals surface area contributed by atoms with Gasteiger partial charge in [-0.2, -0.15) is 9.78 Å². The second-order valence-corrected chi connectivity index (χ2v) is 8.76. The van der Waals surface area contributed by atoms with Crippen LogP contribution in [0.1, 0.15) is 16.1 Å². The van der Waals surface area contributed by atoms with Crippen LogP contribution in [0.2, 0.25) is 5.02 Å². The standard InChI is InChI=1S/C29H18ClN3O5/c1-36-29(35)18-10-12-22(30)21(14-18)25-13-11-19(37-25)16-31-33-27(26-15-17-6-2-5-9-24(17)38-26)32-23-8-4-3-7-20(23)28(33)34/h2-16H,1H3. The zero-order valence-corrected chi connectivity index (χ0v) is 20.7. The molecule has 6 rings (SSSR count). The van der Waals surface area contributed by atoms with Crippen molar-refractivity contribution in [3.63, 3.8) is 0 Å². The van der Waals surface area contributed by atoms with E-state index in [9.17, 15) is 9.59 Å². The minimum atomic E-state index is -0.488. The number of fused-ring (bicyclic) bond motifs is 2. The second-order valence-electron chi connectivity index (χ2n) is 8.35. The molecule has 38 heavy (non-hydrogen) atoms. The molecule has 0 fully saturated rings. The van der Waals surface area contributed by atoms with Gasteiger partial charge in [0.05, 0.1) is 34.8 Å². The number of hydrogen-bond acceptors (Lipinski definition) is 7. The molecule has 8 nitrogen and oxygen atoms in total. The molecule has 6 aromatic rings. The number of ether oxygens (including phenoxy) is 1. The first-order valence-corrected chi connectivity index (χ1v) is 11.9. The lowest BCUT2D eigenvalue weighted by Gasteiger charge is -2.07. The number of carbonyl (C=O) groups excluding carboxylic acids is 1. The topological polar surface area (TPSA) is 99.8 Å². The molecule has 0 aliphatic carbocycles. The van der Waals surface area contributed by atoms with Gasteiger partial charge in [-0.25, -0.2) is 9.78 Å². The predicted molar refractivity (Wildman–Crippen MR) is 145 cm³/mol. The Labute approximate surface area is 220 Å². The van der Waals surface area contributed by atoms with Gasteiger partial charge >= 0.3 is 5.97 Å². The van der Waals surface area contributed by atoms with Gasteiger partial charge in [-0.3, -0.25) is 4.79 Å². The molecule has 0 spiro atoms. The third kappa shape index (κ3) is 4.16. The molecule has 0 aliphatic heterocycles. The Bertz CT molecular complexity index is 1900. The number of benzene rings is 3. The highest BCUT2D eigenvalue weighted by atomic mass is 35.5. The molecular formula is C29H18ClN3O5. The van der Waals surface area contributed by atoms with Crippen LogP contribution in [0.3, 0.4) is 0 Å². The van der Waals surface area contributed by atoms with Crippen LogP contribution >= 0.6 is 11.6 Å². The van der Waals surface area contributed by atoms with Gasteiger partial charge in [-0.1, -0.05) is 41.9 Å². The summed E-state index contributed by atoms with van der Waals surface area (Å²) in [5.74, 6) is 0.941. The first kappa shape index (κ1) is 23.4. The molecular weight excluding hydrogens is 506 g/mol. The van der Waals surface area contributed by atoms with Crippen LogP contribution in [0.4, 0.5) is 0 Å². The number of esters is 1. The number of rotatable bonds is 5. The molecule has 0 amide bonds. The highest BCUT2D eigenvalue weighted by molar-refractivity contribution is 6.33. The Hall–Kier alpha value is -4.95. The maximum atomic E-state index is 13.4. The maximum absolute atomic E-state index is 13.4. The van der Waals surface area contributed by atoms with Crippen LogP contribution in [-0.4, -0.2) is 29.0 Å². The first-order chi connectivity index (χ1) is 18.5. The molecule has 0 unspecified atom stereocenters. The molecule has 3 aromatic carbocycles. The Morgan fingerprint density at radius 1 is 0.974 bits per heavy atom. The molecule has 3 heterocycles. The number of methoxy groups -OCH3 is 1. The second kappa shape index (κ2) is 9.49. The van der Waals surface area contributed by atoms with E-state index in [0.717, 1.165) is 5.39 Å². The zero-order valence-electron chi connectivity index (χ0n) is 19.9. The number of para-hydroxylation sites is 2. The van der Waals surface area contributed by atoms with Crippen LogP contribution in [0, 0.1) is 0 Å². The quantitative estimate of drug-likeness (QED) is 0.192. The summed E-state index contributed by atoms with van der Waals surface area (Å²) < 4.78 is 17.9. The molecule has 0 aliphatic rings. The molecule has 0 N–H and O–H groups in total. The molecule has 9 heteroatoms. The molecule has 3 aromatic heterocycles. The molecule has 0 atom stereocenters. The van der Waals surface area contributed by atoms with Crippen molar-refractivity contribution < 1.29 is 18.4 Å². The van der Waals surface area contributed by atoms with Crippen molar-refractivity contribution in [3.05, 3.63) is 112 Å². The Balaban J connectivity index is 1.43. The van der Waals surface area contributed by atoms with Crippen molar-refractivity contribution in [2.24, 2.45) is 5.10 Å². The summed E-state index contributed by atoms with van der Waals surface area (Å²) in [7, 11) is 1.31. The summed E-state index contributed by atoms with van der Waals surface area (Å²) in [6, 6.07) is 24.5. The highest BCUT2D eigenvalue weighted by Gasteiger charge is 2.17.